The van der Waals surface area contributed by atoms with Crippen LogP contribution in [-0.4, -0.2) is 12.6 Å². The SMILES string of the molecule is CCCCCCCCCCCCCCCC(=O)OCC(C)CCCCC. The summed E-state index contributed by atoms with van der Waals surface area (Å²) in [4.78, 5) is 11.8. The summed E-state index contributed by atoms with van der Waals surface area (Å²) in [5, 5.41) is 0. The number of esters is 1. The number of carbonyl (C=O) groups is 1. The summed E-state index contributed by atoms with van der Waals surface area (Å²) in [6.07, 6.45) is 23.0. The van der Waals surface area contributed by atoms with Crippen molar-refractivity contribution in [3.05, 3.63) is 0 Å². The Morgan fingerprint density at radius 3 is 1.58 bits per heavy atom. The maximum absolute atomic E-state index is 11.8. The van der Waals surface area contributed by atoms with Crippen LogP contribution < -0.4 is 0 Å². The summed E-state index contributed by atoms with van der Waals surface area (Å²) in [6, 6.07) is 0. The van der Waals surface area contributed by atoms with Gasteiger partial charge in [0.1, 0.15) is 0 Å². The molecule has 1 unspecified atom stereocenters. The van der Waals surface area contributed by atoms with Crippen LogP contribution in [0, 0.1) is 5.92 Å². The molecule has 1 atom stereocenters. The van der Waals surface area contributed by atoms with Crippen molar-refractivity contribution in [2.24, 2.45) is 5.92 Å². The Hall–Kier alpha value is -0.530. The summed E-state index contributed by atoms with van der Waals surface area (Å²) >= 11 is 0. The molecule has 0 fully saturated rings. The summed E-state index contributed by atoms with van der Waals surface area (Å²) in [7, 11) is 0. The monoisotopic (exact) mass is 368 g/mol. The molecule has 0 saturated carbocycles. The fraction of sp³-hybridized carbons (Fsp3) is 0.958. The standard InChI is InChI=1S/C24H48O2/c1-4-6-8-9-10-11-12-13-14-15-16-17-19-21-24(25)26-22-23(3)20-18-7-5-2/h23H,4-22H2,1-3H3. The lowest BCUT2D eigenvalue weighted by Gasteiger charge is -2.11. The minimum atomic E-state index is 0.00964. The third kappa shape index (κ3) is 19.8. The first-order chi connectivity index (χ1) is 12.7. The molecule has 2 nitrogen and oxygen atoms in total. The highest BCUT2D eigenvalue weighted by Gasteiger charge is 2.07. The Morgan fingerprint density at radius 2 is 1.08 bits per heavy atom. The van der Waals surface area contributed by atoms with Crippen LogP contribution in [0.15, 0.2) is 0 Å². The molecule has 0 spiro atoms. The molecular formula is C24H48O2. The molecule has 156 valence electrons. The summed E-state index contributed by atoms with van der Waals surface area (Å²) in [5.74, 6) is 0.521. The first-order valence-corrected chi connectivity index (χ1v) is 11.9. The number of hydrogen-bond donors (Lipinski definition) is 0. The topological polar surface area (TPSA) is 26.3 Å². The lowest BCUT2D eigenvalue weighted by molar-refractivity contribution is -0.145. The zero-order chi connectivity index (χ0) is 19.3. The van der Waals surface area contributed by atoms with Gasteiger partial charge in [-0.25, -0.2) is 0 Å². The lowest BCUT2D eigenvalue weighted by Crippen LogP contribution is -2.11. The zero-order valence-electron chi connectivity index (χ0n) is 18.3. The van der Waals surface area contributed by atoms with E-state index in [1.807, 2.05) is 0 Å². The van der Waals surface area contributed by atoms with Crippen LogP contribution in [0.25, 0.3) is 0 Å². The van der Waals surface area contributed by atoms with Crippen molar-refractivity contribution in [1.29, 1.82) is 0 Å². The molecule has 0 N–H and O–H groups in total. The Balaban J connectivity index is 3.23. The number of carbonyl (C=O) groups excluding carboxylic acids is 1. The lowest BCUT2D eigenvalue weighted by atomic mass is 10.0. The van der Waals surface area contributed by atoms with Crippen LogP contribution >= 0.6 is 0 Å². The van der Waals surface area contributed by atoms with E-state index in [-0.39, 0.29) is 5.97 Å². The molecule has 0 aliphatic carbocycles. The Bertz CT molecular complexity index is 288. The van der Waals surface area contributed by atoms with E-state index >= 15 is 0 Å². The van der Waals surface area contributed by atoms with Gasteiger partial charge >= 0.3 is 5.97 Å². The van der Waals surface area contributed by atoms with E-state index < -0.39 is 0 Å². The van der Waals surface area contributed by atoms with Gasteiger partial charge in [0.05, 0.1) is 6.61 Å². The third-order valence-corrected chi connectivity index (χ3v) is 5.31. The van der Waals surface area contributed by atoms with E-state index in [0.29, 0.717) is 18.9 Å². The van der Waals surface area contributed by atoms with Crippen LogP contribution in [-0.2, 0) is 9.53 Å². The van der Waals surface area contributed by atoms with Gasteiger partial charge in [-0.3, -0.25) is 4.79 Å². The van der Waals surface area contributed by atoms with Gasteiger partial charge in [0, 0.05) is 6.42 Å². The average Bonchev–Trinajstić information content (AvgIpc) is 2.64. The van der Waals surface area contributed by atoms with Gasteiger partial charge in [-0.15, -0.1) is 0 Å². The highest BCUT2D eigenvalue weighted by molar-refractivity contribution is 5.69. The minimum Gasteiger partial charge on any atom is -0.465 e. The van der Waals surface area contributed by atoms with Crippen LogP contribution in [0.2, 0.25) is 0 Å². The van der Waals surface area contributed by atoms with E-state index in [1.165, 1.54) is 103 Å². The van der Waals surface area contributed by atoms with Gasteiger partial charge in [-0.1, -0.05) is 117 Å². The van der Waals surface area contributed by atoms with E-state index in [0.717, 1.165) is 6.42 Å². The Morgan fingerprint density at radius 1 is 0.654 bits per heavy atom. The van der Waals surface area contributed by atoms with E-state index in [4.69, 9.17) is 4.74 Å². The Labute approximate surface area is 164 Å². The second kappa shape index (κ2) is 20.8. The van der Waals surface area contributed by atoms with Crippen molar-refractivity contribution >= 4 is 5.97 Å². The molecule has 2 heteroatoms. The van der Waals surface area contributed by atoms with Crippen LogP contribution in [0.3, 0.4) is 0 Å². The quantitative estimate of drug-likeness (QED) is 0.160. The van der Waals surface area contributed by atoms with Crippen molar-refractivity contribution in [3.8, 4) is 0 Å². The van der Waals surface area contributed by atoms with Gasteiger partial charge in [0.15, 0.2) is 0 Å². The van der Waals surface area contributed by atoms with Crippen molar-refractivity contribution in [3.63, 3.8) is 0 Å². The summed E-state index contributed by atoms with van der Waals surface area (Å²) in [5.41, 5.74) is 0. The molecule has 0 saturated heterocycles. The normalized spacial score (nSPS) is 12.3. The molecule has 26 heavy (non-hydrogen) atoms. The van der Waals surface area contributed by atoms with Gasteiger partial charge < -0.3 is 4.74 Å². The third-order valence-electron chi connectivity index (χ3n) is 5.31. The van der Waals surface area contributed by atoms with Crippen molar-refractivity contribution < 1.29 is 9.53 Å². The van der Waals surface area contributed by atoms with Gasteiger partial charge in [0.2, 0.25) is 0 Å². The summed E-state index contributed by atoms with van der Waals surface area (Å²) < 4.78 is 5.40. The second-order valence-electron chi connectivity index (χ2n) is 8.28. The molecular weight excluding hydrogens is 320 g/mol. The molecule has 0 bridgehead atoms. The predicted molar refractivity (Wildman–Crippen MR) is 115 cm³/mol. The predicted octanol–water partition coefficient (Wildman–Crippen LogP) is 8.23. The van der Waals surface area contributed by atoms with Crippen molar-refractivity contribution in [1.82, 2.24) is 0 Å². The molecule has 0 rings (SSSR count). The molecule has 0 radical (unpaired) electrons. The van der Waals surface area contributed by atoms with Crippen LogP contribution in [0.4, 0.5) is 0 Å². The number of rotatable bonds is 20. The van der Waals surface area contributed by atoms with Crippen molar-refractivity contribution in [2.75, 3.05) is 6.61 Å². The zero-order valence-corrected chi connectivity index (χ0v) is 18.3. The van der Waals surface area contributed by atoms with Crippen LogP contribution in [0.1, 0.15) is 136 Å². The Kier molecular flexibility index (Phi) is 20.4. The highest BCUT2D eigenvalue weighted by Crippen LogP contribution is 2.14. The van der Waals surface area contributed by atoms with E-state index in [1.54, 1.807) is 0 Å². The highest BCUT2D eigenvalue weighted by atomic mass is 16.5. The second-order valence-corrected chi connectivity index (χ2v) is 8.28. The molecule has 0 aromatic rings. The molecule has 0 amide bonds. The largest absolute Gasteiger partial charge is 0.465 e. The molecule has 0 aromatic heterocycles. The van der Waals surface area contributed by atoms with Crippen LogP contribution in [0.5, 0.6) is 0 Å². The molecule has 0 aromatic carbocycles. The first kappa shape index (κ1) is 25.5. The number of unbranched alkanes of at least 4 members (excludes halogenated alkanes) is 14. The maximum atomic E-state index is 11.8. The summed E-state index contributed by atoms with van der Waals surface area (Å²) in [6.45, 7) is 7.30. The number of hydrogen-bond acceptors (Lipinski definition) is 2. The van der Waals surface area contributed by atoms with Gasteiger partial charge in [-0.2, -0.15) is 0 Å². The fourth-order valence-electron chi connectivity index (χ4n) is 3.42. The minimum absolute atomic E-state index is 0.00964. The molecule has 0 heterocycles. The first-order valence-electron chi connectivity index (χ1n) is 11.9. The smallest absolute Gasteiger partial charge is 0.305 e. The maximum Gasteiger partial charge on any atom is 0.305 e. The van der Waals surface area contributed by atoms with Gasteiger partial charge in [-0.05, 0) is 18.8 Å². The van der Waals surface area contributed by atoms with E-state index in [2.05, 4.69) is 20.8 Å². The average molecular weight is 369 g/mol. The van der Waals surface area contributed by atoms with Crippen molar-refractivity contribution in [2.45, 2.75) is 136 Å². The van der Waals surface area contributed by atoms with E-state index in [9.17, 15) is 4.79 Å². The van der Waals surface area contributed by atoms with Gasteiger partial charge in [0.25, 0.3) is 0 Å². The molecule has 0 aliphatic heterocycles. The molecule has 0 aliphatic rings. The number of ether oxygens (including phenoxy) is 1. The fourth-order valence-corrected chi connectivity index (χ4v) is 3.42.